The summed E-state index contributed by atoms with van der Waals surface area (Å²) in [5.74, 6) is 1.29. The maximum absolute atomic E-state index is 5.74. The van der Waals surface area contributed by atoms with Crippen LogP contribution in [0.4, 0.5) is 0 Å². The van der Waals surface area contributed by atoms with Crippen molar-refractivity contribution in [3.63, 3.8) is 0 Å². The van der Waals surface area contributed by atoms with Crippen LogP contribution in [0, 0.1) is 5.41 Å². The molecule has 0 bridgehead atoms. The van der Waals surface area contributed by atoms with Gasteiger partial charge >= 0.3 is 0 Å². The molecule has 0 unspecified atom stereocenters. The Balaban J connectivity index is 1.97. The molecule has 0 aromatic carbocycles. The summed E-state index contributed by atoms with van der Waals surface area (Å²) in [4.78, 5) is 6.56. The maximum Gasteiger partial charge on any atom is 0.241 e. The molecule has 2 aromatic heterocycles. The Bertz CT molecular complexity index is 506. The van der Waals surface area contributed by atoms with Crippen molar-refractivity contribution >= 4 is 11.3 Å². The van der Waals surface area contributed by atoms with Crippen molar-refractivity contribution in [1.29, 1.82) is 0 Å². The monoisotopic (exact) mass is 280 g/mol. The molecule has 2 N–H and O–H groups in total. The van der Waals surface area contributed by atoms with Crippen molar-refractivity contribution in [3.05, 3.63) is 22.7 Å². The van der Waals surface area contributed by atoms with E-state index in [9.17, 15) is 0 Å². The van der Waals surface area contributed by atoms with E-state index < -0.39 is 0 Å². The lowest BCUT2D eigenvalue weighted by Gasteiger charge is -2.27. The molecule has 0 aliphatic heterocycles. The first kappa shape index (κ1) is 14.2. The maximum atomic E-state index is 5.74. The summed E-state index contributed by atoms with van der Waals surface area (Å²) in [6.45, 7) is 6.48. The van der Waals surface area contributed by atoms with Crippen molar-refractivity contribution in [1.82, 2.24) is 15.0 Å². The number of thiophene rings is 1. The predicted octanol–water partition coefficient (Wildman–Crippen LogP) is 2.21. The minimum absolute atomic E-state index is 0.0883. The molecule has 0 spiro atoms. The third-order valence-electron chi connectivity index (χ3n) is 2.90. The molecule has 6 heteroatoms. The van der Waals surface area contributed by atoms with Gasteiger partial charge in [0.05, 0.1) is 6.54 Å². The van der Waals surface area contributed by atoms with Crippen molar-refractivity contribution < 1.29 is 4.52 Å². The number of nitrogens with two attached hydrogens (primary N) is 1. The number of aromatic nitrogens is 2. The molecular formula is C13H20N4OS. The smallest absolute Gasteiger partial charge is 0.241 e. The molecule has 0 aliphatic carbocycles. The number of hydrogen-bond donors (Lipinski definition) is 1. The van der Waals surface area contributed by atoms with Gasteiger partial charge in [-0.2, -0.15) is 16.3 Å². The van der Waals surface area contributed by atoms with Crippen LogP contribution in [-0.4, -0.2) is 35.2 Å². The topological polar surface area (TPSA) is 68.2 Å². The van der Waals surface area contributed by atoms with Gasteiger partial charge in [-0.25, -0.2) is 0 Å². The standard InChI is InChI=1S/C13H20N4OS/c1-13(2,8-14)9-17(3)6-11-15-12(16-18-11)10-4-5-19-7-10/h4-5,7H,6,8-9,14H2,1-3H3. The van der Waals surface area contributed by atoms with E-state index in [-0.39, 0.29) is 5.41 Å². The van der Waals surface area contributed by atoms with Gasteiger partial charge in [0.15, 0.2) is 0 Å². The van der Waals surface area contributed by atoms with Gasteiger partial charge in [-0.1, -0.05) is 19.0 Å². The van der Waals surface area contributed by atoms with E-state index in [0.717, 1.165) is 12.1 Å². The fraction of sp³-hybridized carbons (Fsp3) is 0.538. The normalized spacial score (nSPS) is 12.3. The molecule has 0 saturated carbocycles. The Kier molecular flexibility index (Phi) is 4.34. The van der Waals surface area contributed by atoms with Gasteiger partial charge in [0.25, 0.3) is 0 Å². The van der Waals surface area contributed by atoms with Gasteiger partial charge in [0, 0.05) is 17.5 Å². The first-order chi connectivity index (χ1) is 9.00. The quantitative estimate of drug-likeness (QED) is 0.878. The Morgan fingerprint density at radius 3 is 2.89 bits per heavy atom. The van der Waals surface area contributed by atoms with Gasteiger partial charge in [0.1, 0.15) is 0 Å². The van der Waals surface area contributed by atoms with E-state index in [1.165, 1.54) is 0 Å². The van der Waals surface area contributed by atoms with Crippen molar-refractivity contribution in [3.8, 4) is 11.4 Å². The SMILES string of the molecule is CN(Cc1nc(-c2ccsc2)no1)CC(C)(C)CN. The van der Waals surface area contributed by atoms with E-state index in [0.29, 0.717) is 24.8 Å². The fourth-order valence-electron chi connectivity index (χ4n) is 1.91. The molecule has 0 aliphatic rings. The van der Waals surface area contributed by atoms with Crippen molar-refractivity contribution in [2.24, 2.45) is 11.1 Å². The molecule has 0 fully saturated rings. The van der Waals surface area contributed by atoms with E-state index in [4.69, 9.17) is 10.3 Å². The van der Waals surface area contributed by atoms with Crippen LogP contribution in [0.2, 0.25) is 0 Å². The average molecular weight is 280 g/mol. The molecule has 5 nitrogen and oxygen atoms in total. The van der Waals surface area contributed by atoms with Crippen LogP contribution >= 0.6 is 11.3 Å². The summed E-state index contributed by atoms with van der Waals surface area (Å²) < 4.78 is 5.28. The summed E-state index contributed by atoms with van der Waals surface area (Å²) in [6.07, 6.45) is 0. The molecule has 2 rings (SSSR count). The van der Waals surface area contributed by atoms with Gasteiger partial charge in [-0.3, -0.25) is 4.90 Å². The zero-order chi connectivity index (χ0) is 13.9. The molecule has 0 saturated heterocycles. The number of nitrogens with zero attached hydrogens (tertiary/aromatic N) is 3. The number of hydrogen-bond acceptors (Lipinski definition) is 6. The summed E-state index contributed by atoms with van der Waals surface area (Å²) in [5.41, 5.74) is 6.83. The minimum Gasteiger partial charge on any atom is -0.338 e. The molecule has 0 radical (unpaired) electrons. The lowest BCUT2D eigenvalue weighted by molar-refractivity contribution is 0.189. The van der Waals surface area contributed by atoms with E-state index in [1.807, 2.05) is 23.9 Å². The van der Waals surface area contributed by atoms with Crippen LogP contribution in [0.25, 0.3) is 11.4 Å². The molecule has 2 heterocycles. The lowest BCUT2D eigenvalue weighted by Crippen LogP contribution is -2.36. The van der Waals surface area contributed by atoms with Crippen LogP contribution in [0.5, 0.6) is 0 Å². The summed E-state index contributed by atoms with van der Waals surface area (Å²) >= 11 is 1.62. The van der Waals surface area contributed by atoms with E-state index in [1.54, 1.807) is 11.3 Å². The van der Waals surface area contributed by atoms with Crippen LogP contribution in [0.3, 0.4) is 0 Å². The third kappa shape index (κ3) is 3.86. The predicted molar refractivity (Wildman–Crippen MR) is 76.8 cm³/mol. The van der Waals surface area contributed by atoms with E-state index >= 15 is 0 Å². The summed E-state index contributed by atoms with van der Waals surface area (Å²) in [6, 6.07) is 1.99. The van der Waals surface area contributed by atoms with Crippen LogP contribution in [0.1, 0.15) is 19.7 Å². The highest BCUT2D eigenvalue weighted by Gasteiger charge is 2.19. The zero-order valence-electron chi connectivity index (χ0n) is 11.6. The average Bonchev–Trinajstić information content (AvgIpc) is 2.97. The molecule has 0 amide bonds. The van der Waals surface area contributed by atoms with Gasteiger partial charge < -0.3 is 10.3 Å². The highest BCUT2D eigenvalue weighted by molar-refractivity contribution is 7.08. The second kappa shape index (κ2) is 5.81. The molecule has 2 aromatic rings. The molecular weight excluding hydrogens is 260 g/mol. The second-order valence-electron chi connectivity index (χ2n) is 5.56. The minimum atomic E-state index is 0.0883. The highest BCUT2D eigenvalue weighted by Crippen LogP contribution is 2.20. The van der Waals surface area contributed by atoms with Crippen molar-refractivity contribution in [2.45, 2.75) is 20.4 Å². The van der Waals surface area contributed by atoms with Gasteiger partial charge in [-0.15, -0.1) is 0 Å². The van der Waals surface area contributed by atoms with Gasteiger partial charge in [-0.05, 0) is 30.5 Å². The molecule has 19 heavy (non-hydrogen) atoms. The third-order valence-corrected chi connectivity index (χ3v) is 3.59. The van der Waals surface area contributed by atoms with Crippen molar-refractivity contribution in [2.75, 3.05) is 20.1 Å². The van der Waals surface area contributed by atoms with Crippen LogP contribution < -0.4 is 5.73 Å². The largest absolute Gasteiger partial charge is 0.338 e. The zero-order valence-corrected chi connectivity index (χ0v) is 12.4. The number of rotatable bonds is 6. The first-order valence-electron chi connectivity index (χ1n) is 6.24. The van der Waals surface area contributed by atoms with Crippen LogP contribution in [-0.2, 0) is 6.54 Å². The Morgan fingerprint density at radius 2 is 2.26 bits per heavy atom. The highest BCUT2D eigenvalue weighted by atomic mass is 32.1. The van der Waals surface area contributed by atoms with Crippen LogP contribution in [0.15, 0.2) is 21.3 Å². The molecule has 104 valence electrons. The van der Waals surface area contributed by atoms with E-state index in [2.05, 4.69) is 28.9 Å². The Labute approximate surface area is 117 Å². The summed E-state index contributed by atoms with van der Waals surface area (Å²) in [7, 11) is 2.03. The second-order valence-corrected chi connectivity index (χ2v) is 6.34. The lowest BCUT2D eigenvalue weighted by atomic mass is 9.93. The first-order valence-corrected chi connectivity index (χ1v) is 7.18. The fourth-order valence-corrected chi connectivity index (χ4v) is 2.54. The Hall–Kier alpha value is -1.24. The Morgan fingerprint density at radius 1 is 1.47 bits per heavy atom. The van der Waals surface area contributed by atoms with Gasteiger partial charge in [0.2, 0.25) is 11.7 Å². The molecule has 0 atom stereocenters. The summed E-state index contributed by atoms with van der Waals surface area (Å²) in [5, 5.41) is 8.01.